The Kier molecular flexibility index (Phi) is 6.08. The Morgan fingerprint density at radius 1 is 1.23 bits per heavy atom. The molecule has 6 heteroatoms. The summed E-state index contributed by atoms with van der Waals surface area (Å²) in [6, 6.07) is 17.0. The average molecular weight is 432 g/mol. The van der Waals surface area contributed by atoms with Crippen LogP contribution in [0.1, 0.15) is 22.0 Å². The Morgan fingerprint density at radius 3 is 2.65 bits per heavy atom. The fourth-order valence-corrected chi connectivity index (χ4v) is 3.68. The Hall–Kier alpha value is -2.15. The molecular formula is C20H18BrNO3S. The van der Waals surface area contributed by atoms with Crippen molar-refractivity contribution in [1.82, 2.24) is 5.32 Å². The number of hydrogen-bond donors (Lipinski definition) is 2. The minimum absolute atomic E-state index is 0.126. The maximum atomic E-state index is 12.4. The molecule has 0 fully saturated rings. The number of thiophene rings is 1. The molecule has 0 saturated carbocycles. The van der Waals surface area contributed by atoms with E-state index >= 15 is 0 Å². The van der Waals surface area contributed by atoms with Gasteiger partial charge in [-0.25, -0.2) is 0 Å². The van der Waals surface area contributed by atoms with Crippen molar-refractivity contribution < 1.29 is 14.6 Å². The average Bonchev–Trinajstić information content (AvgIpc) is 3.21. The standard InChI is InChI=1S/C20H18BrNO3S/c1-25-15-8-9-17(21)16(11-15)20(24)22-12-18(23)13-4-6-14(7-5-13)19-3-2-10-26-19/h2-11,18,23H,12H2,1H3,(H,22,24). The summed E-state index contributed by atoms with van der Waals surface area (Å²) in [6.45, 7) is 0.126. The van der Waals surface area contributed by atoms with Gasteiger partial charge in [0.1, 0.15) is 5.75 Å². The zero-order valence-corrected chi connectivity index (χ0v) is 16.5. The highest BCUT2D eigenvalue weighted by molar-refractivity contribution is 9.10. The molecule has 3 aromatic rings. The molecule has 134 valence electrons. The van der Waals surface area contributed by atoms with Crippen molar-refractivity contribution in [3.05, 3.63) is 75.6 Å². The molecule has 2 aromatic carbocycles. The number of halogens is 1. The van der Waals surface area contributed by atoms with Crippen LogP contribution in [0.5, 0.6) is 5.75 Å². The van der Waals surface area contributed by atoms with Crippen LogP contribution in [0, 0.1) is 0 Å². The normalized spacial score (nSPS) is 11.8. The van der Waals surface area contributed by atoms with E-state index in [4.69, 9.17) is 4.74 Å². The van der Waals surface area contributed by atoms with Gasteiger partial charge in [0.15, 0.2) is 0 Å². The molecule has 1 unspecified atom stereocenters. The van der Waals surface area contributed by atoms with Crippen LogP contribution < -0.4 is 10.1 Å². The van der Waals surface area contributed by atoms with Gasteiger partial charge < -0.3 is 15.2 Å². The molecule has 1 aromatic heterocycles. The molecule has 0 saturated heterocycles. The molecule has 26 heavy (non-hydrogen) atoms. The summed E-state index contributed by atoms with van der Waals surface area (Å²) in [6.07, 6.45) is -0.777. The van der Waals surface area contributed by atoms with Crippen LogP contribution in [-0.4, -0.2) is 24.7 Å². The number of carbonyl (C=O) groups excluding carboxylic acids is 1. The summed E-state index contributed by atoms with van der Waals surface area (Å²) in [5.74, 6) is 0.327. The largest absolute Gasteiger partial charge is 0.497 e. The second-order valence-electron chi connectivity index (χ2n) is 5.67. The first-order chi connectivity index (χ1) is 12.6. The molecule has 0 spiro atoms. The number of benzene rings is 2. The van der Waals surface area contributed by atoms with Crippen LogP contribution in [0.3, 0.4) is 0 Å². The van der Waals surface area contributed by atoms with Gasteiger partial charge in [-0.1, -0.05) is 30.3 Å². The summed E-state index contributed by atoms with van der Waals surface area (Å²) in [7, 11) is 1.55. The Morgan fingerprint density at radius 2 is 2.00 bits per heavy atom. The van der Waals surface area contributed by atoms with Crippen molar-refractivity contribution in [3.8, 4) is 16.2 Å². The summed E-state index contributed by atoms with van der Waals surface area (Å²) >= 11 is 5.03. The fourth-order valence-electron chi connectivity index (χ4n) is 2.52. The molecule has 0 aliphatic rings. The van der Waals surface area contributed by atoms with Crippen molar-refractivity contribution in [1.29, 1.82) is 0 Å². The Balaban J connectivity index is 1.63. The molecule has 1 heterocycles. The molecule has 0 radical (unpaired) electrons. The predicted octanol–water partition coefficient (Wildman–Crippen LogP) is 4.65. The maximum Gasteiger partial charge on any atom is 0.252 e. The Bertz CT molecular complexity index is 879. The number of methoxy groups -OCH3 is 1. The minimum atomic E-state index is -0.777. The number of ether oxygens (including phenoxy) is 1. The molecular weight excluding hydrogens is 414 g/mol. The number of aliphatic hydroxyl groups excluding tert-OH is 1. The zero-order chi connectivity index (χ0) is 18.5. The molecule has 1 atom stereocenters. The second-order valence-corrected chi connectivity index (χ2v) is 7.47. The van der Waals surface area contributed by atoms with Gasteiger partial charge in [0, 0.05) is 15.9 Å². The third-order valence-electron chi connectivity index (χ3n) is 3.98. The highest BCUT2D eigenvalue weighted by Crippen LogP contribution is 2.26. The monoisotopic (exact) mass is 431 g/mol. The van der Waals surface area contributed by atoms with Gasteiger partial charge in [-0.05, 0) is 56.7 Å². The number of carbonyl (C=O) groups is 1. The van der Waals surface area contributed by atoms with Crippen LogP contribution >= 0.6 is 27.3 Å². The van der Waals surface area contributed by atoms with E-state index in [0.29, 0.717) is 15.8 Å². The van der Waals surface area contributed by atoms with Gasteiger partial charge >= 0.3 is 0 Å². The number of rotatable bonds is 6. The lowest BCUT2D eigenvalue weighted by molar-refractivity contribution is 0.0915. The number of amides is 1. The summed E-state index contributed by atoms with van der Waals surface area (Å²) in [5.41, 5.74) is 2.33. The molecule has 3 rings (SSSR count). The molecule has 0 aliphatic carbocycles. The van der Waals surface area contributed by atoms with Crippen LogP contribution in [0.15, 0.2) is 64.5 Å². The number of nitrogens with one attached hydrogen (secondary N) is 1. The van der Waals surface area contributed by atoms with Gasteiger partial charge in [0.2, 0.25) is 0 Å². The van der Waals surface area contributed by atoms with E-state index < -0.39 is 6.10 Å². The van der Waals surface area contributed by atoms with Crippen molar-refractivity contribution in [2.24, 2.45) is 0 Å². The first-order valence-electron chi connectivity index (χ1n) is 8.02. The van der Waals surface area contributed by atoms with Gasteiger partial charge in [-0.15, -0.1) is 11.3 Å². The second kappa shape index (κ2) is 8.49. The van der Waals surface area contributed by atoms with Crippen LogP contribution in [-0.2, 0) is 0 Å². The summed E-state index contributed by atoms with van der Waals surface area (Å²) in [4.78, 5) is 13.6. The molecule has 0 aliphatic heterocycles. The van der Waals surface area contributed by atoms with Crippen molar-refractivity contribution in [3.63, 3.8) is 0 Å². The van der Waals surface area contributed by atoms with Crippen molar-refractivity contribution in [2.75, 3.05) is 13.7 Å². The topological polar surface area (TPSA) is 58.6 Å². The van der Waals surface area contributed by atoms with Crippen molar-refractivity contribution >= 4 is 33.2 Å². The first kappa shape index (κ1) is 18.6. The van der Waals surface area contributed by atoms with Crippen LogP contribution in [0.2, 0.25) is 0 Å². The van der Waals surface area contributed by atoms with E-state index in [1.807, 2.05) is 35.7 Å². The minimum Gasteiger partial charge on any atom is -0.497 e. The zero-order valence-electron chi connectivity index (χ0n) is 14.1. The van der Waals surface area contributed by atoms with Gasteiger partial charge in [-0.2, -0.15) is 0 Å². The predicted molar refractivity (Wildman–Crippen MR) is 108 cm³/mol. The van der Waals surface area contributed by atoms with E-state index in [1.54, 1.807) is 36.6 Å². The smallest absolute Gasteiger partial charge is 0.252 e. The third kappa shape index (κ3) is 4.33. The van der Waals surface area contributed by atoms with Crippen LogP contribution in [0.25, 0.3) is 10.4 Å². The lowest BCUT2D eigenvalue weighted by atomic mass is 10.1. The summed E-state index contributed by atoms with van der Waals surface area (Å²) < 4.78 is 5.82. The van der Waals surface area contributed by atoms with E-state index in [-0.39, 0.29) is 12.5 Å². The fraction of sp³-hybridized carbons (Fsp3) is 0.150. The lowest BCUT2D eigenvalue weighted by Gasteiger charge is -2.14. The van der Waals surface area contributed by atoms with Gasteiger partial charge in [0.25, 0.3) is 5.91 Å². The molecule has 2 N–H and O–H groups in total. The molecule has 4 nitrogen and oxygen atoms in total. The number of aliphatic hydroxyl groups is 1. The maximum absolute atomic E-state index is 12.4. The van der Waals surface area contributed by atoms with E-state index in [9.17, 15) is 9.90 Å². The van der Waals surface area contributed by atoms with E-state index in [0.717, 1.165) is 11.1 Å². The highest BCUT2D eigenvalue weighted by atomic mass is 79.9. The number of hydrogen-bond acceptors (Lipinski definition) is 4. The van der Waals surface area contributed by atoms with Gasteiger partial charge in [0.05, 0.1) is 18.8 Å². The molecule has 1 amide bonds. The third-order valence-corrected chi connectivity index (χ3v) is 5.59. The molecule has 0 bridgehead atoms. The quantitative estimate of drug-likeness (QED) is 0.596. The highest BCUT2D eigenvalue weighted by Gasteiger charge is 2.14. The van der Waals surface area contributed by atoms with Crippen molar-refractivity contribution in [2.45, 2.75) is 6.10 Å². The van der Waals surface area contributed by atoms with Crippen LogP contribution in [0.4, 0.5) is 0 Å². The lowest BCUT2D eigenvalue weighted by Crippen LogP contribution is -2.28. The van der Waals surface area contributed by atoms with E-state index in [2.05, 4.69) is 27.3 Å². The summed E-state index contributed by atoms with van der Waals surface area (Å²) in [5, 5.41) is 15.2. The van der Waals surface area contributed by atoms with E-state index in [1.165, 1.54) is 4.88 Å². The SMILES string of the molecule is COc1ccc(Br)c(C(=O)NCC(O)c2ccc(-c3cccs3)cc2)c1. The Labute approximate surface area is 164 Å². The van der Waals surface area contributed by atoms with Gasteiger partial charge in [-0.3, -0.25) is 4.79 Å². The first-order valence-corrected chi connectivity index (χ1v) is 9.69.